The third-order valence-electron chi connectivity index (χ3n) is 4.54. The number of benzene rings is 1. The normalized spacial score (nSPS) is 14.7. The Balaban J connectivity index is 1.46. The van der Waals surface area contributed by atoms with Gasteiger partial charge in [-0.25, -0.2) is 4.98 Å². The lowest BCUT2D eigenvalue weighted by molar-refractivity contribution is 0.0717. The SMILES string of the molecule is COc1cc(N2CCN(C(=O)c3cc4ccccc4o3)CC2)nc(C)n1. The molecule has 1 aromatic carbocycles. The molecular formula is C19H20N4O3. The largest absolute Gasteiger partial charge is 0.481 e. The number of nitrogens with zero attached hydrogens (tertiary/aromatic N) is 4. The highest BCUT2D eigenvalue weighted by Gasteiger charge is 2.25. The number of aromatic nitrogens is 2. The number of fused-ring (bicyclic) bond motifs is 1. The second kappa shape index (κ2) is 6.67. The molecule has 0 bridgehead atoms. The van der Waals surface area contributed by atoms with E-state index in [1.807, 2.05) is 48.2 Å². The van der Waals surface area contributed by atoms with Gasteiger partial charge in [-0.2, -0.15) is 4.98 Å². The Bertz CT molecular complexity index is 912. The van der Waals surface area contributed by atoms with E-state index in [2.05, 4.69) is 14.9 Å². The Labute approximate surface area is 151 Å². The van der Waals surface area contributed by atoms with Crippen molar-refractivity contribution in [1.29, 1.82) is 0 Å². The number of anilines is 1. The van der Waals surface area contributed by atoms with E-state index >= 15 is 0 Å². The average Bonchev–Trinajstić information content (AvgIpc) is 3.11. The number of hydrogen-bond donors (Lipinski definition) is 0. The maximum absolute atomic E-state index is 12.7. The number of para-hydroxylation sites is 1. The molecule has 0 spiro atoms. The number of ether oxygens (including phenoxy) is 1. The van der Waals surface area contributed by atoms with Crippen LogP contribution in [-0.2, 0) is 0 Å². The van der Waals surface area contributed by atoms with Crippen molar-refractivity contribution < 1.29 is 13.9 Å². The highest BCUT2D eigenvalue weighted by atomic mass is 16.5. The molecule has 3 aromatic rings. The molecule has 1 amide bonds. The van der Waals surface area contributed by atoms with E-state index < -0.39 is 0 Å². The summed E-state index contributed by atoms with van der Waals surface area (Å²) in [5.74, 6) is 2.36. The lowest BCUT2D eigenvalue weighted by Gasteiger charge is -2.35. The van der Waals surface area contributed by atoms with Gasteiger partial charge in [-0.1, -0.05) is 18.2 Å². The van der Waals surface area contributed by atoms with E-state index in [-0.39, 0.29) is 5.91 Å². The Morgan fingerprint density at radius 1 is 1.12 bits per heavy atom. The third-order valence-corrected chi connectivity index (χ3v) is 4.54. The molecule has 1 aliphatic rings. The van der Waals surface area contributed by atoms with E-state index in [9.17, 15) is 4.79 Å². The number of methoxy groups -OCH3 is 1. The number of aryl methyl sites for hydroxylation is 1. The standard InChI is InChI=1S/C19H20N4O3/c1-13-20-17(12-18(21-13)25-2)22-7-9-23(10-8-22)19(24)16-11-14-5-3-4-6-15(14)26-16/h3-6,11-12H,7-10H2,1-2H3. The van der Waals surface area contributed by atoms with E-state index in [0.717, 1.165) is 16.8 Å². The van der Waals surface area contributed by atoms with Gasteiger partial charge in [-0.05, 0) is 19.1 Å². The second-order valence-electron chi connectivity index (χ2n) is 6.24. The van der Waals surface area contributed by atoms with Crippen molar-refractivity contribution in [3.8, 4) is 5.88 Å². The van der Waals surface area contributed by atoms with Crippen molar-refractivity contribution >= 4 is 22.7 Å². The zero-order chi connectivity index (χ0) is 18.1. The molecule has 0 saturated carbocycles. The second-order valence-corrected chi connectivity index (χ2v) is 6.24. The van der Waals surface area contributed by atoms with Gasteiger partial charge < -0.3 is 19.0 Å². The molecule has 134 valence electrons. The summed E-state index contributed by atoms with van der Waals surface area (Å²) >= 11 is 0. The lowest BCUT2D eigenvalue weighted by Crippen LogP contribution is -2.49. The molecule has 0 aliphatic carbocycles. The minimum Gasteiger partial charge on any atom is -0.481 e. The Morgan fingerprint density at radius 2 is 1.88 bits per heavy atom. The molecule has 1 saturated heterocycles. The molecule has 7 nitrogen and oxygen atoms in total. The van der Waals surface area contributed by atoms with Crippen molar-refractivity contribution in [2.75, 3.05) is 38.2 Å². The van der Waals surface area contributed by atoms with Gasteiger partial charge in [-0.3, -0.25) is 4.79 Å². The lowest BCUT2D eigenvalue weighted by atomic mass is 10.2. The number of rotatable bonds is 3. The molecule has 0 unspecified atom stereocenters. The summed E-state index contributed by atoms with van der Waals surface area (Å²) in [6.07, 6.45) is 0. The summed E-state index contributed by atoms with van der Waals surface area (Å²) in [5, 5.41) is 0.943. The Hall–Kier alpha value is -3.09. The smallest absolute Gasteiger partial charge is 0.289 e. The van der Waals surface area contributed by atoms with Crippen molar-refractivity contribution in [1.82, 2.24) is 14.9 Å². The molecule has 1 fully saturated rings. The van der Waals surface area contributed by atoms with Gasteiger partial charge in [0, 0.05) is 37.6 Å². The van der Waals surface area contributed by atoms with E-state index in [1.54, 1.807) is 7.11 Å². The van der Waals surface area contributed by atoms with Crippen LogP contribution < -0.4 is 9.64 Å². The quantitative estimate of drug-likeness (QED) is 0.721. The topological polar surface area (TPSA) is 71.7 Å². The number of carbonyl (C=O) groups excluding carboxylic acids is 1. The summed E-state index contributed by atoms with van der Waals surface area (Å²) in [4.78, 5) is 25.4. The van der Waals surface area contributed by atoms with Crippen molar-refractivity contribution in [2.45, 2.75) is 6.92 Å². The van der Waals surface area contributed by atoms with Crippen LogP contribution in [0.2, 0.25) is 0 Å². The first kappa shape index (κ1) is 16.4. The molecule has 0 radical (unpaired) electrons. The maximum Gasteiger partial charge on any atom is 0.289 e. The minimum atomic E-state index is -0.0719. The van der Waals surface area contributed by atoms with Crippen molar-refractivity contribution in [2.24, 2.45) is 0 Å². The van der Waals surface area contributed by atoms with Gasteiger partial charge in [-0.15, -0.1) is 0 Å². The number of hydrogen-bond acceptors (Lipinski definition) is 6. The van der Waals surface area contributed by atoms with Crippen LogP contribution in [0.3, 0.4) is 0 Å². The van der Waals surface area contributed by atoms with Crippen LogP contribution in [0.4, 0.5) is 5.82 Å². The molecule has 0 atom stereocenters. The molecule has 1 aliphatic heterocycles. The molecule has 26 heavy (non-hydrogen) atoms. The zero-order valence-corrected chi connectivity index (χ0v) is 14.8. The Morgan fingerprint density at radius 3 is 2.62 bits per heavy atom. The predicted octanol–water partition coefficient (Wildman–Crippen LogP) is 2.50. The van der Waals surface area contributed by atoms with Crippen LogP contribution in [0, 0.1) is 6.92 Å². The van der Waals surface area contributed by atoms with Crippen LogP contribution in [0.5, 0.6) is 5.88 Å². The highest BCUT2D eigenvalue weighted by molar-refractivity contribution is 5.96. The number of carbonyl (C=O) groups is 1. The first-order chi connectivity index (χ1) is 12.6. The van der Waals surface area contributed by atoms with E-state index in [1.165, 1.54) is 0 Å². The highest BCUT2D eigenvalue weighted by Crippen LogP contribution is 2.22. The van der Waals surface area contributed by atoms with Gasteiger partial charge >= 0.3 is 0 Å². The summed E-state index contributed by atoms with van der Waals surface area (Å²) in [6, 6.07) is 11.3. The van der Waals surface area contributed by atoms with Crippen molar-refractivity contribution in [3.63, 3.8) is 0 Å². The fraction of sp³-hybridized carbons (Fsp3) is 0.316. The summed E-state index contributed by atoms with van der Waals surface area (Å²) in [7, 11) is 1.59. The predicted molar refractivity (Wildman–Crippen MR) is 97.7 cm³/mol. The summed E-state index contributed by atoms with van der Waals surface area (Å²) in [6.45, 7) is 4.47. The van der Waals surface area contributed by atoms with Gasteiger partial charge in [0.1, 0.15) is 17.2 Å². The molecule has 4 rings (SSSR count). The van der Waals surface area contributed by atoms with E-state index in [0.29, 0.717) is 43.6 Å². The molecule has 3 heterocycles. The first-order valence-electron chi connectivity index (χ1n) is 8.56. The molecule has 7 heteroatoms. The fourth-order valence-electron chi connectivity index (χ4n) is 3.17. The van der Waals surface area contributed by atoms with Crippen LogP contribution in [0.15, 0.2) is 40.8 Å². The van der Waals surface area contributed by atoms with E-state index in [4.69, 9.17) is 9.15 Å². The minimum absolute atomic E-state index is 0.0719. The van der Waals surface area contributed by atoms with Crippen molar-refractivity contribution in [3.05, 3.63) is 48.0 Å². The number of furan rings is 1. The maximum atomic E-state index is 12.7. The average molecular weight is 352 g/mol. The fourth-order valence-corrected chi connectivity index (χ4v) is 3.17. The molecule has 2 aromatic heterocycles. The van der Waals surface area contributed by atoms with Crippen LogP contribution in [-0.4, -0.2) is 54.1 Å². The molecular weight excluding hydrogens is 332 g/mol. The van der Waals surface area contributed by atoms with Gasteiger partial charge in [0.2, 0.25) is 5.88 Å². The Kier molecular flexibility index (Phi) is 4.20. The summed E-state index contributed by atoms with van der Waals surface area (Å²) < 4.78 is 10.9. The van der Waals surface area contributed by atoms with Crippen LogP contribution >= 0.6 is 0 Å². The number of amides is 1. The van der Waals surface area contributed by atoms with Gasteiger partial charge in [0.15, 0.2) is 5.76 Å². The third kappa shape index (κ3) is 3.08. The summed E-state index contributed by atoms with van der Waals surface area (Å²) in [5.41, 5.74) is 0.734. The zero-order valence-electron chi connectivity index (χ0n) is 14.8. The van der Waals surface area contributed by atoms with Crippen LogP contribution in [0.1, 0.15) is 16.4 Å². The first-order valence-corrected chi connectivity index (χ1v) is 8.56. The van der Waals surface area contributed by atoms with Gasteiger partial charge in [0.05, 0.1) is 7.11 Å². The van der Waals surface area contributed by atoms with Crippen LogP contribution in [0.25, 0.3) is 11.0 Å². The van der Waals surface area contributed by atoms with Gasteiger partial charge in [0.25, 0.3) is 5.91 Å². The monoisotopic (exact) mass is 352 g/mol. The molecule has 0 N–H and O–H groups in total. The number of piperazine rings is 1.